The molecule has 0 bridgehead atoms. The van der Waals surface area contributed by atoms with Gasteiger partial charge in [0.15, 0.2) is 11.5 Å². The van der Waals surface area contributed by atoms with Gasteiger partial charge in [-0.15, -0.1) is 0 Å². The predicted molar refractivity (Wildman–Crippen MR) is 86.4 cm³/mol. The lowest BCUT2D eigenvalue weighted by Crippen LogP contribution is -2.44. The Morgan fingerprint density at radius 2 is 2.00 bits per heavy atom. The Labute approximate surface area is 141 Å². The van der Waals surface area contributed by atoms with Gasteiger partial charge in [-0.05, 0) is 18.6 Å². The molecule has 0 aromatic heterocycles. The summed E-state index contributed by atoms with van der Waals surface area (Å²) < 4.78 is 38.2. The van der Waals surface area contributed by atoms with Crippen LogP contribution in [0, 0.1) is 0 Å². The summed E-state index contributed by atoms with van der Waals surface area (Å²) in [6.07, 6.45) is 1.03. The van der Waals surface area contributed by atoms with E-state index in [-0.39, 0.29) is 23.4 Å². The van der Waals surface area contributed by atoms with Gasteiger partial charge in [-0.25, -0.2) is 8.42 Å². The molecule has 8 nitrogen and oxygen atoms in total. The number of benzene rings is 1. The Kier molecular flexibility index (Phi) is 4.66. The van der Waals surface area contributed by atoms with Crippen LogP contribution in [0.3, 0.4) is 0 Å². The van der Waals surface area contributed by atoms with Gasteiger partial charge < -0.3 is 20.5 Å². The van der Waals surface area contributed by atoms with E-state index >= 15 is 0 Å². The van der Waals surface area contributed by atoms with Gasteiger partial charge in [0.25, 0.3) is 0 Å². The van der Waals surface area contributed by atoms with Crippen molar-refractivity contribution in [2.75, 3.05) is 26.8 Å². The third-order valence-electron chi connectivity index (χ3n) is 4.16. The van der Waals surface area contributed by atoms with Crippen LogP contribution in [0.5, 0.6) is 11.5 Å². The quantitative estimate of drug-likeness (QED) is 0.769. The van der Waals surface area contributed by atoms with Crippen LogP contribution in [0.1, 0.15) is 12.8 Å². The van der Waals surface area contributed by atoms with Gasteiger partial charge in [0.2, 0.25) is 15.9 Å². The number of nitrogens with zero attached hydrogens (tertiary/aromatic N) is 1. The number of sulfonamides is 1. The van der Waals surface area contributed by atoms with E-state index in [2.05, 4.69) is 5.32 Å². The maximum Gasteiger partial charge on any atom is 0.243 e. The number of nitrogens with two attached hydrogens (primary N) is 1. The van der Waals surface area contributed by atoms with E-state index in [1.165, 1.54) is 19.2 Å². The van der Waals surface area contributed by atoms with Crippen molar-refractivity contribution in [2.45, 2.75) is 29.8 Å². The molecule has 0 saturated carbocycles. The average Bonchev–Trinajstić information content (AvgIpc) is 2.82. The van der Waals surface area contributed by atoms with Gasteiger partial charge in [0, 0.05) is 32.1 Å². The summed E-state index contributed by atoms with van der Waals surface area (Å²) in [5, 5.41) is 2.49. The molecule has 2 aliphatic heterocycles. The summed E-state index contributed by atoms with van der Waals surface area (Å²) in [7, 11) is -2.39. The molecule has 0 spiro atoms. The number of nitrogens with one attached hydrogen (secondary N) is 1. The number of ether oxygens (including phenoxy) is 2. The van der Waals surface area contributed by atoms with Gasteiger partial charge >= 0.3 is 0 Å². The molecule has 132 valence electrons. The summed E-state index contributed by atoms with van der Waals surface area (Å²) in [6.45, 7) is 1.10. The van der Waals surface area contributed by atoms with Gasteiger partial charge in [-0.2, -0.15) is 4.31 Å². The minimum absolute atomic E-state index is 0.0646. The molecule has 2 aliphatic rings. The summed E-state index contributed by atoms with van der Waals surface area (Å²) in [5.41, 5.74) is 5.88. The first-order valence-electron chi connectivity index (χ1n) is 7.82. The van der Waals surface area contributed by atoms with Crippen molar-refractivity contribution < 1.29 is 22.7 Å². The molecule has 2 atom stereocenters. The first-order valence-corrected chi connectivity index (χ1v) is 9.26. The zero-order valence-corrected chi connectivity index (χ0v) is 14.2. The van der Waals surface area contributed by atoms with E-state index in [9.17, 15) is 13.2 Å². The van der Waals surface area contributed by atoms with Crippen LogP contribution in [0.15, 0.2) is 23.1 Å². The van der Waals surface area contributed by atoms with E-state index in [1.54, 1.807) is 6.07 Å². The van der Waals surface area contributed by atoms with Crippen LogP contribution in [0.25, 0.3) is 0 Å². The standard InChI is InChI=1S/C15H21N3O5S/c1-17-15(19)12-7-10(16)9-18(12)24(20,21)11-3-4-13-14(8-11)23-6-2-5-22-13/h3-4,8,10,12H,2,5-7,9,16H2,1H3,(H,17,19)/t10-,12+/m1/s1. The second kappa shape index (κ2) is 6.58. The number of hydrogen-bond acceptors (Lipinski definition) is 6. The predicted octanol–water partition coefficient (Wildman–Crippen LogP) is -0.316. The van der Waals surface area contributed by atoms with Crippen LogP contribution in [-0.2, 0) is 14.8 Å². The van der Waals surface area contributed by atoms with Crippen LogP contribution in [-0.4, -0.2) is 57.5 Å². The third-order valence-corrected chi connectivity index (χ3v) is 6.03. The number of rotatable bonds is 3. The zero-order chi connectivity index (χ0) is 17.3. The molecular formula is C15H21N3O5S. The number of carbonyl (C=O) groups excluding carboxylic acids is 1. The molecule has 1 saturated heterocycles. The third kappa shape index (κ3) is 3.06. The maximum atomic E-state index is 13.0. The molecule has 1 aromatic carbocycles. The van der Waals surface area contributed by atoms with Crippen LogP contribution in [0.2, 0.25) is 0 Å². The Morgan fingerprint density at radius 3 is 2.71 bits per heavy atom. The lowest BCUT2D eigenvalue weighted by molar-refractivity contribution is -0.123. The summed E-state index contributed by atoms with van der Waals surface area (Å²) in [5.74, 6) is 0.557. The summed E-state index contributed by atoms with van der Waals surface area (Å²) in [4.78, 5) is 12.1. The lowest BCUT2D eigenvalue weighted by Gasteiger charge is -2.23. The van der Waals surface area contributed by atoms with Crippen molar-refractivity contribution in [3.8, 4) is 11.5 Å². The fourth-order valence-electron chi connectivity index (χ4n) is 2.95. The van der Waals surface area contributed by atoms with Crippen LogP contribution < -0.4 is 20.5 Å². The second-order valence-corrected chi connectivity index (χ2v) is 7.75. The van der Waals surface area contributed by atoms with Crippen molar-refractivity contribution in [3.63, 3.8) is 0 Å². The molecule has 1 fully saturated rings. The monoisotopic (exact) mass is 355 g/mol. The topological polar surface area (TPSA) is 111 Å². The molecule has 0 radical (unpaired) electrons. The van der Waals surface area contributed by atoms with Gasteiger partial charge in [-0.3, -0.25) is 4.79 Å². The smallest absolute Gasteiger partial charge is 0.243 e. The van der Waals surface area contributed by atoms with Crippen molar-refractivity contribution >= 4 is 15.9 Å². The largest absolute Gasteiger partial charge is 0.490 e. The summed E-state index contributed by atoms with van der Waals surface area (Å²) in [6, 6.07) is 3.32. The molecule has 1 aromatic rings. The lowest BCUT2D eigenvalue weighted by atomic mass is 10.2. The Bertz CT molecular complexity index is 737. The fourth-order valence-corrected chi connectivity index (χ4v) is 4.62. The first kappa shape index (κ1) is 17.0. The number of likely N-dealkylation sites (N-methyl/N-ethyl adjacent to an activating group) is 1. The van der Waals surface area contributed by atoms with Crippen molar-refractivity contribution in [2.24, 2.45) is 5.73 Å². The maximum absolute atomic E-state index is 13.0. The Hall–Kier alpha value is -1.84. The normalized spacial score (nSPS) is 24.4. The molecule has 0 unspecified atom stereocenters. The number of fused-ring (bicyclic) bond motifs is 1. The molecular weight excluding hydrogens is 334 g/mol. The van der Waals surface area contributed by atoms with E-state index in [4.69, 9.17) is 15.2 Å². The minimum Gasteiger partial charge on any atom is -0.490 e. The van der Waals surface area contributed by atoms with Gasteiger partial charge in [0.1, 0.15) is 6.04 Å². The van der Waals surface area contributed by atoms with Gasteiger partial charge in [0.05, 0.1) is 18.1 Å². The molecule has 0 aliphatic carbocycles. The second-order valence-electron chi connectivity index (χ2n) is 5.86. The first-order chi connectivity index (χ1) is 11.4. The number of hydrogen-bond donors (Lipinski definition) is 2. The van der Waals surface area contributed by atoms with Gasteiger partial charge in [-0.1, -0.05) is 0 Å². The zero-order valence-electron chi connectivity index (χ0n) is 13.4. The number of carbonyl (C=O) groups is 1. The van der Waals surface area contributed by atoms with Crippen LogP contribution in [0.4, 0.5) is 0 Å². The van der Waals surface area contributed by atoms with Crippen molar-refractivity contribution in [3.05, 3.63) is 18.2 Å². The van der Waals surface area contributed by atoms with E-state index in [1.807, 2.05) is 0 Å². The molecule has 3 rings (SSSR count). The highest BCUT2D eigenvalue weighted by atomic mass is 32.2. The highest BCUT2D eigenvalue weighted by Gasteiger charge is 2.42. The molecule has 3 N–H and O–H groups in total. The fraction of sp³-hybridized carbons (Fsp3) is 0.533. The van der Waals surface area contributed by atoms with E-state index < -0.39 is 16.1 Å². The SMILES string of the molecule is CNC(=O)[C@@H]1C[C@@H](N)CN1S(=O)(=O)c1ccc2c(c1)OCCCO2. The average molecular weight is 355 g/mol. The Balaban J connectivity index is 1.95. The van der Waals surface area contributed by atoms with Crippen LogP contribution >= 0.6 is 0 Å². The number of amides is 1. The van der Waals surface area contributed by atoms with Crippen molar-refractivity contribution in [1.82, 2.24) is 9.62 Å². The Morgan fingerprint density at radius 1 is 1.29 bits per heavy atom. The highest BCUT2D eigenvalue weighted by Crippen LogP contribution is 2.34. The highest BCUT2D eigenvalue weighted by molar-refractivity contribution is 7.89. The van der Waals surface area contributed by atoms with E-state index in [0.29, 0.717) is 31.1 Å². The minimum atomic E-state index is -3.86. The van der Waals surface area contributed by atoms with E-state index in [0.717, 1.165) is 10.7 Å². The summed E-state index contributed by atoms with van der Waals surface area (Å²) >= 11 is 0. The molecule has 2 heterocycles. The molecule has 24 heavy (non-hydrogen) atoms. The van der Waals surface area contributed by atoms with Crippen molar-refractivity contribution in [1.29, 1.82) is 0 Å². The molecule has 9 heteroatoms. The molecule has 1 amide bonds.